The Morgan fingerprint density at radius 3 is 2.86 bits per heavy atom. The second-order valence-electron chi connectivity index (χ2n) is 5.02. The number of methoxy groups -OCH3 is 1. The number of rotatable bonds is 3. The molecule has 0 unspecified atom stereocenters. The molecular weight excluding hydrogens is 366 g/mol. The van der Waals surface area contributed by atoms with E-state index < -0.39 is 0 Å². The van der Waals surface area contributed by atoms with Crippen LogP contribution in [0.3, 0.4) is 0 Å². The van der Waals surface area contributed by atoms with Gasteiger partial charge in [0.15, 0.2) is 0 Å². The number of thiophene rings is 1. The molecule has 1 aromatic heterocycles. The summed E-state index contributed by atoms with van der Waals surface area (Å²) >= 11 is 4.82. The molecule has 114 valence electrons. The van der Waals surface area contributed by atoms with Gasteiger partial charge in [-0.3, -0.25) is 4.79 Å². The van der Waals surface area contributed by atoms with Crippen molar-refractivity contribution in [2.75, 3.05) is 12.4 Å². The fourth-order valence-electron chi connectivity index (χ4n) is 2.62. The van der Waals surface area contributed by atoms with E-state index in [0.29, 0.717) is 16.1 Å². The molecule has 0 spiro atoms. The van der Waals surface area contributed by atoms with E-state index in [9.17, 15) is 9.59 Å². The van der Waals surface area contributed by atoms with Crippen LogP contribution < -0.4 is 5.32 Å². The molecule has 0 bridgehead atoms. The van der Waals surface area contributed by atoms with E-state index in [-0.39, 0.29) is 11.9 Å². The second-order valence-corrected chi connectivity index (χ2v) is 7.04. The lowest BCUT2D eigenvalue weighted by Gasteiger charge is -2.07. The smallest absolute Gasteiger partial charge is 0.341 e. The van der Waals surface area contributed by atoms with Crippen LogP contribution in [0.2, 0.25) is 0 Å². The first-order chi connectivity index (χ1) is 10.6. The molecular formula is C16H14BrNO3S. The predicted octanol–water partition coefficient (Wildman–Crippen LogP) is 4.04. The number of amides is 1. The maximum Gasteiger partial charge on any atom is 0.341 e. The minimum absolute atomic E-state index is 0.230. The van der Waals surface area contributed by atoms with Crippen LogP contribution in [0.25, 0.3) is 0 Å². The first-order valence-corrected chi connectivity index (χ1v) is 8.51. The van der Waals surface area contributed by atoms with Crippen LogP contribution in [0, 0.1) is 0 Å². The third kappa shape index (κ3) is 2.80. The van der Waals surface area contributed by atoms with Crippen LogP contribution in [-0.4, -0.2) is 19.0 Å². The van der Waals surface area contributed by atoms with Gasteiger partial charge in [0, 0.05) is 14.9 Å². The van der Waals surface area contributed by atoms with E-state index in [0.717, 1.165) is 29.3 Å². The molecule has 0 atom stereocenters. The average Bonchev–Trinajstić information content (AvgIpc) is 3.07. The molecule has 2 aromatic rings. The van der Waals surface area contributed by atoms with Gasteiger partial charge < -0.3 is 10.1 Å². The maximum atomic E-state index is 12.4. The Morgan fingerprint density at radius 1 is 1.32 bits per heavy atom. The lowest BCUT2D eigenvalue weighted by Crippen LogP contribution is -2.14. The van der Waals surface area contributed by atoms with Crippen molar-refractivity contribution in [2.24, 2.45) is 0 Å². The molecule has 1 amide bonds. The van der Waals surface area contributed by atoms with Crippen molar-refractivity contribution in [1.29, 1.82) is 0 Å². The molecule has 3 rings (SSSR count). The van der Waals surface area contributed by atoms with Gasteiger partial charge in [-0.1, -0.05) is 22.0 Å². The Morgan fingerprint density at radius 2 is 2.14 bits per heavy atom. The van der Waals surface area contributed by atoms with Crippen molar-refractivity contribution in [2.45, 2.75) is 19.3 Å². The van der Waals surface area contributed by atoms with E-state index in [4.69, 9.17) is 4.74 Å². The van der Waals surface area contributed by atoms with Gasteiger partial charge in [0.2, 0.25) is 0 Å². The van der Waals surface area contributed by atoms with Crippen LogP contribution in [0.1, 0.15) is 37.6 Å². The predicted molar refractivity (Wildman–Crippen MR) is 89.8 cm³/mol. The molecule has 1 aromatic carbocycles. The molecule has 1 N–H and O–H groups in total. The SMILES string of the molecule is COC(=O)c1c(NC(=O)c2cccc(Br)c2)sc2c1CCC2. The van der Waals surface area contributed by atoms with Crippen LogP contribution >= 0.6 is 27.3 Å². The van der Waals surface area contributed by atoms with Crippen molar-refractivity contribution in [3.8, 4) is 0 Å². The number of benzene rings is 1. The van der Waals surface area contributed by atoms with Crippen molar-refractivity contribution in [1.82, 2.24) is 0 Å². The minimum Gasteiger partial charge on any atom is -0.465 e. The molecule has 0 saturated carbocycles. The summed E-state index contributed by atoms with van der Waals surface area (Å²) in [5, 5.41) is 3.44. The molecule has 4 nitrogen and oxygen atoms in total. The number of esters is 1. The van der Waals surface area contributed by atoms with E-state index in [2.05, 4.69) is 21.2 Å². The first-order valence-electron chi connectivity index (χ1n) is 6.90. The fraction of sp³-hybridized carbons (Fsp3) is 0.250. The number of aryl methyl sites for hydroxylation is 1. The van der Waals surface area contributed by atoms with E-state index in [1.807, 2.05) is 6.07 Å². The van der Waals surface area contributed by atoms with E-state index in [1.54, 1.807) is 18.2 Å². The molecule has 1 aliphatic carbocycles. The Balaban J connectivity index is 1.92. The molecule has 0 radical (unpaired) electrons. The first kappa shape index (κ1) is 15.2. The summed E-state index contributed by atoms with van der Waals surface area (Å²) in [4.78, 5) is 25.6. The summed E-state index contributed by atoms with van der Waals surface area (Å²) in [5.74, 6) is -0.615. The van der Waals surface area contributed by atoms with Gasteiger partial charge in [-0.25, -0.2) is 4.79 Å². The molecule has 0 aliphatic heterocycles. The van der Waals surface area contributed by atoms with Crippen LogP contribution in [-0.2, 0) is 17.6 Å². The lowest BCUT2D eigenvalue weighted by molar-refractivity contribution is 0.0601. The maximum absolute atomic E-state index is 12.4. The number of anilines is 1. The number of carbonyl (C=O) groups excluding carboxylic acids is 2. The molecule has 0 saturated heterocycles. The molecule has 1 heterocycles. The standard InChI is InChI=1S/C16H14BrNO3S/c1-21-16(20)13-11-6-3-7-12(11)22-15(13)18-14(19)9-4-2-5-10(17)8-9/h2,4-5,8H,3,6-7H2,1H3,(H,18,19). The summed E-state index contributed by atoms with van der Waals surface area (Å²) in [6.45, 7) is 0. The highest BCUT2D eigenvalue weighted by atomic mass is 79.9. The highest BCUT2D eigenvalue weighted by molar-refractivity contribution is 9.10. The van der Waals surface area contributed by atoms with E-state index >= 15 is 0 Å². The minimum atomic E-state index is -0.385. The van der Waals surface area contributed by atoms with Crippen LogP contribution in [0.15, 0.2) is 28.7 Å². The number of ether oxygens (including phenoxy) is 1. The number of hydrogen-bond acceptors (Lipinski definition) is 4. The number of carbonyl (C=O) groups is 2. The van der Waals surface area contributed by atoms with Crippen LogP contribution in [0.5, 0.6) is 0 Å². The number of nitrogens with one attached hydrogen (secondary N) is 1. The van der Waals surface area contributed by atoms with Crippen molar-refractivity contribution >= 4 is 44.1 Å². The van der Waals surface area contributed by atoms with Gasteiger partial charge >= 0.3 is 5.97 Å². The summed E-state index contributed by atoms with van der Waals surface area (Å²) in [5.41, 5.74) is 2.09. The normalized spacial score (nSPS) is 12.8. The summed E-state index contributed by atoms with van der Waals surface area (Å²) in [6, 6.07) is 7.14. The number of fused-ring (bicyclic) bond motifs is 1. The zero-order chi connectivity index (χ0) is 15.7. The largest absolute Gasteiger partial charge is 0.465 e. The van der Waals surface area contributed by atoms with E-state index in [1.165, 1.54) is 23.3 Å². The Bertz CT molecular complexity index is 754. The monoisotopic (exact) mass is 379 g/mol. The van der Waals surface area contributed by atoms with Gasteiger partial charge in [-0.15, -0.1) is 11.3 Å². The summed E-state index contributed by atoms with van der Waals surface area (Å²) in [6.07, 6.45) is 2.87. The zero-order valence-corrected chi connectivity index (χ0v) is 14.3. The second kappa shape index (κ2) is 6.22. The third-order valence-corrected chi connectivity index (χ3v) is 5.33. The summed E-state index contributed by atoms with van der Waals surface area (Å²) in [7, 11) is 1.36. The molecule has 6 heteroatoms. The fourth-order valence-corrected chi connectivity index (χ4v) is 4.29. The van der Waals surface area contributed by atoms with Gasteiger partial charge in [0.1, 0.15) is 5.00 Å². The number of halogens is 1. The highest BCUT2D eigenvalue weighted by Gasteiger charge is 2.28. The van der Waals surface area contributed by atoms with Crippen molar-refractivity contribution in [3.63, 3.8) is 0 Å². The lowest BCUT2D eigenvalue weighted by atomic mass is 10.1. The molecule has 1 aliphatic rings. The Hall–Kier alpha value is -1.66. The zero-order valence-electron chi connectivity index (χ0n) is 11.9. The van der Waals surface area contributed by atoms with Gasteiger partial charge in [0.05, 0.1) is 12.7 Å². The van der Waals surface area contributed by atoms with Gasteiger partial charge in [-0.05, 0) is 43.0 Å². The Labute approximate surface area is 140 Å². The van der Waals surface area contributed by atoms with Crippen molar-refractivity contribution in [3.05, 3.63) is 50.3 Å². The number of hydrogen-bond donors (Lipinski definition) is 1. The van der Waals surface area contributed by atoms with Crippen LogP contribution in [0.4, 0.5) is 5.00 Å². The van der Waals surface area contributed by atoms with Gasteiger partial charge in [0.25, 0.3) is 5.91 Å². The summed E-state index contributed by atoms with van der Waals surface area (Å²) < 4.78 is 5.71. The average molecular weight is 380 g/mol. The topological polar surface area (TPSA) is 55.4 Å². The van der Waals surface area contributed by atoms with Crippen molar-refractivity contribution < 1.29 is 14.3 Å². The Kier molecular flexibility index (Phi) is 4.31. The molecule has 0 fully saturated rings. The highest BCUT2D eigenvalue weighted by Crippen LogP contribution is 2.39. The quantitative estimate of drug-likeness (QED) is 0.818. The third-order valence-electron chi connectivity index (χ3n) is 3.62. The molecule has 22 heavy (non-hydrogen) atoms. The van der Waals surface area contributed by atoms with Gasteiger partial charge in [-0.2, -0.15) is 0 Å².